The van der Waals surface area contributed by atoms with Crippen molar-refractivity contribution >= 4 is 106 Å². The molecule has 0 radical (unpaired) electrons. The average molecular weight is 1320 g/mol. The number of pyridine rings is 4. The molecule has 6 aromatic rings. The number of phenolic OH excluding ortho intramolecular Hbond substituents is 1. The maximum absolute atomic E-state index is 13.5. The molecule has 2 atom stereocenters. The van der Waals surface area contributed by atoms with Gasteiger partial charge in [-0.1, -0.05) is 32.4 Å². The number of benzene rings is 2. The van der Waals surface area contributed by atoms with E-state index >= 15 is 0 Å². The van der Waals surface area contributed by atoms with E-state index in [1.54, 1.807) is 74.0 Å². The van der Waals surface area contributed by atoms with Gasteiger partial charge in [-0.15, -0.1) is 0 Å². The molecule has 4 aromatic heterocycles. The van der Waals surface area contributed by atoms with Gasteiger partial charge in [0.2, 0.25) is 29.6 Å². The normalized spacial score (nSPS) is 17.5. The molecular formula is C55H65Cl3N4O15PdSi3. The summed E-state index contributed by atoms with van der Waals surface area (Å²) in [5.74, 6) is -2.21. The second-order valence-corrected chi connectivity index (χ2v) is 41.4. The topological polar surface area (TPSA) is 254 Å². The van der Waals surface area contributed by atoms with E-state index in [9.17, 15) is 43.8 Å². The molecule has 0 saturated heterocycles. The van der Waals surface area contributed by atoms with Gasteiger partial charge in [0, 0.05) is 60.1 Å². The molecular weight excluding hydrogens is 1250 g/mol. The van der Waals surface area contributed by atoms with Crippen molar-refractivity contribution in [3.05, 3.63) is 108 Å². The van der Waals surface area contributed by atoms with Crippen molar-refractivity contribution in [3.8, 4) is 34.3 Å². The number of cyclic esters (lactones) is 2. The second-order valence-electron chi connectivity index (χ2n) is 21.2. The van der Waals surface area contributed by atoms with Gasteiger partial charge < -0.3 is 51.9 Å². The Bertz CT molecular complexity index is 3650. The first-order valence-corrected chi connectivity index (χ1v) is 40.3. The molecule has 81 heavy (non-hydrogen) atoms. The molecule has 0 unspecified atom stereocenters. The van der Waals surface area contributed by atoms with E-state index in [4.69, 9.17) is 68.4 Å². The van der Waals surface area contributed by atoms with Crippen LogP contribution in [-0.2, 0) is 95.7 Å². The van der Waals surface area contributed by atoms with Crippen LogP contribution in [0.1, 0.15) is 94.2 Å². The number of hydrogen-bond acceptors (Lipinski definition) is 17. The summed E-state index contributed by atoms with van der Waals surface area (Å²) in [5, 5.41) is 23.3. The predicted molar refractivity (Wildman–Crippen MR) is 310 cm³/mol. The minimum absolute atomic E-state index is 0.0700. The first kappa shape index (κ1) is 63.4. The molecule has 8 heterocycles. The molecule has 0 fully saturated rings. The number of aromatic nitrogens is 4. The van der Waals surface area contributed by atoms with Crippen LogP contribution in [0.4, 0.5) is 0 Å². The van der Waals surface area contributed by atoms with Crippen LogP contribution in [-0.4, -0.2) is 95.2 Å². The van der Waals surface area contributed by atoms with Crippen LogP contribution >= 0.6 is 30.7 Å². The van der Waals surface area contributed by atoms with Gasteiger partial charge in [0.25, 0.3) is 11.1 Å². The Labute approximate surface area is 492 Å². The Balaban J connectivity index is 0.000000186. The second kappa shape index (κ2) is 24.6. The molecule has 4 aliphatic rings. The van der Waals surface area contributed by atoms with Crippen molar-refractivity contribution < 1.29 is 77.9 Å². The van der Waals surface area contributed by atoms with E-state index in [1.165, 1.54) is 24.5 Å². The summed E-state index contributed by atoms with van der Waals surface area (Å²) in [4.78, 5) is 95.6. The number of carbonyl (C=O) groups excluding carboxylic acids is 4. The SMILES string of the molecule is CCCO[Si](C)(C)[Si](C)(C)OCC.CC[C@@]1(O)C(=O)OCc2c1cc1n(c2=O)Cc2c-1nc1ccc(O)cc1c2[Si](C)(C)O.CC[C@@]1(OC(C)=O)C(=O)OCc2c1cc1n(c2=O)Cc2c-1nc1ccc(OC(C)=O)cc1c2Cl.[Cl][Pd][Cl]. The summed E-state index contributed by atoms with van der Waals surface area (Å²) in [7, 11) is 3.61. The minimum atomic E-state index is -2.91. The summed E-state index contributed by atoms with van der Waals surface area (Å²) < 4.78 is 35.9. The molecule has 26 heteroatoms. The van der Waals surface area contributed by atoms with Gasteiger partial charge in [0.05, 0.1) is 63.0 Å². The third kappa shape index (κ3) is 12.0. The molecule has 2 aromatic carbocycles. The van der Waals surface area contributed by atoms with Crippen molar-refractivity contribution in [1.82, 2.24) is 19.1 Å². The van der Waals surface area contributed by atoms with Crippen molar-refractivity contribution in [2.75, 3.05) is 13.2 Å². The number of aliphatic hydroxyl groups is 1. The van der Waals surface area contributed by atoms with Gasteiger partial charge >= 0.3 is 58.9 Å². The van der Waals surface area contributed by atoms with Gasteiger partial charge in [0.1, 0.15) is 24.7 Å². The van der Waals surface area contributed by atoms with Crippen LogP contribution in [0, 0.1) is 0 Å². The number of esters is 4. The zero-order valence-electron chi connectivity index (χ0n) is 47.0. The number of aromatic hydroxyl groups is 1. The van der Waals surface area contributed by atoms with Crippen molar-refractivity contribution in [1.29, 1.82) is 0 Å². The Kier molecular flexibility index (Phi) is 19.3. The molecule has 0 spiro atoms. The zero-order valence-corrected chi connectivity index (χ0v) is 53.8. The Morgan fingerprint density at radius 1 is 0.716 bits per heavy atom. The first-order chi connectivity index (χ1) is 38.0. The number of phenols is 1. The quantitative estimate of drug-likeness (QED) is 0.0473. The fourth-order valence-corrected chi connectivity index (χ4v) is 17.5. The number of halogens is 3. The van der Waals surface area contributed by atoms with Crippen LogP contribution in [0.3, 0.4) is 0 Å². The molecule has 19 nitrogen and oxygen atoms in total. The van der Waals surface area contributed by atoms with Crippen LogP contribution in [0.15, 0.2) is 58.1 Å². The average Bonchev–Trinajstić information content (AvgIpc) is 3.69. The van der Waals surface area contributed by atoms with Crippen molar-refractivity contribution in [2.24, 2.45) is 0 Å². The first-order valence-electron chi connectivity index (χ1n) is 26.1. The summed E-state index contributed by atoms with van der Waals surface area (Å²) in [6.07, 6.45) is 1.27. The number of nitrogens with zero attached hydrogens (tertiary/aromatic N) is 4. The monoisotopic (exact) mass is 1320 g/mol. The zero-order chi connectivity index (χ0) is 59.9. The Morgan fingerprint density at radius 2 is 1.25 bits per heavy atom. The van der Waals surface area contributed by atoms with Gasteiger partial charge in [-0.2, -0.15) is 0 Å². The fourth-order valence-electron chi connectivity index (χ4n) is 10.5. The number of hydrogen-bond donors (Lipinski definition) is 3. The van der Waals surface area contributed by atoms with Crippen LogP contribution in [0.2, 0.25) is 44.3 Å². The molecule has 4 aliphatic heterocycles. The fraction of sp³-hybridized carbons (Fsp3) is 0.418. The number of fused-ring (bicyclic) bond motifs is 10. The van der Waals surface area contributed by atoms with Crippen LogP contribution < -0.4 is 21.0 Å². The number of rotatable bonds is 11. The van der Waals surface area contributed by atoms with Gasteiger partial charge in [-0.25, -0.2) is 19.6 Å². The molecule has 0 aliphatic carbocycles. The third-order valence-electron chi connectivity index (χ3n) is 15.0. The van der Waals surface area contributed by atoms with Crippen molar-refractivity contribution in [2.45, 2.75) is 138 Å². The molecule has 3 N–H and O–H groups in total. The summed E-state index contributed by atoms with van der Waals surface area (Å²) in [5.41, 5.74) is 1.21. The molecule has 0 bridgehead atoms. The molecule has 438 valence electrons. The van der Waals surface area contributed by atoms with Gasteiger partial charge in [-0.05, 0) is 119 Å². The summed E-state index contributed by atoms with van der Waals surface area (Å²) in [6, 6.07) is 13.0. The number of carbonyl (C=O) groups is 4. The Morgan fingerprint density at radius 3 is 1.79 bits per heavy atom. The Hall–Kier alpha value is -5.14. The molecule has 0 saturated carbocycles. The molecule has 10 rings (SSSR count). The van der Waals surface area contributed by atoms with E-state index in [2.05, 4.69) is 40.0 Å². The van der Waals surface area contributed by atoms with E-state index in [-0.39, 0.29) is 88.6 Å². The van der Waals surface area contributed by atoms with Crippen molar-refractivity contribution in [3.63, 3.8) is 0 Å². The maximum atomic E-state index is 13.5. The predicted octanol–water partition coefficient (Wildman–Crippen LogP) is 8.73. The standard InChI is InChI=1S/C24H19ClN2O7.C22H22N2O6Si.C9H24O2Si2.2ClH.Pd/c1-4-24(34-12(3)29)17-8-19-21-15(9-27(19)22(30)16(17)10-32-23(24)31)20(25)14-7-13(33-11(2)28)5-6-18(14)26-21;1-4-22(28)15-8-17-18-13(9-24(17)20(26)14(15)10-30-21(22)27)19(31(2,3)29)12-7-11(25)5-6-16(12)23-18;1-7-9-11-13(5,6)12(3,4)10-8-2;;;/h5-8H,4,9-10H2,1-3H3;5-8,25,28-29H,4,9-10H2,1-3H3;7-9H2,1-6H3;2*1H;/q;;;;;+2/p-2/t24-;22-;;;;/m00..../s1. The summed E-state index contributed by atoms with van der Waals surface area (Å²) in [6.45, 7) is 24.4. The van der Waals surface area contributed by atoms with Crippen LogP contribution in [0.25, 0.3) is 44.6 Å². The van der Waals surface area contributed by atoms with E-state index in [1.807, 2.05) is 0 Å². The van der Waals surface area contributed by atoms with Gasteiger partial charge in [0.15, 0.2) is 5.60 Å². The van der Waals surface area contributed by atoms with Gasteiger partial charge in [-0.3, -0.25) is 19.2 Å². The number of ether oxygens (including phenoxy) is 4. The summed E-state index contributed by atoms with van der Waals surface area (Å²) >= 11 is 6.62. The van der Waals surface area contributed by atoms with E-state index < -0.39 is 59.1 Å². The van der Waals surface area contributed by atoms with Crippen LogP contribution in [0.5, 0.6) is 11.5 Å². The third-order valence-corrected chi connectivity index (χ3v) is 31.7. The molecule has 0 amide bonds. The van der Waals surface area contributed by atoms with E-state index in [0.717, 1.165) is 25.2 Å². The van der Waals surface area contributed by atoms with E-state index in [0.29, 0.717) is 71.7 Å².